The van der Waals surface area contributed by atoms with Gasteiger partial charge in [0, 0.05) is 29.9 Å². The summed E-state index contributed by atoms with van der Waals surface area (Å²) in [5.41, 5.74) is 0.843. The fraction of sp³-hybridized carbons (Fsp3) is 0.222. The number of benzene rings is 2. The van der Waals surface area contributed by atoms with Gasteiger partial charge in [0.05, 0.1) is 6.54 Å². The Kier molecular flexibility index (Phi) is 10.6. The zero-order chi connectivity index (χ0) is 20.5. The number of hydrogen-bond acceptors (Lipinski definition) is 3. The Morgan fingerprint density at radius 1 is 1.17 bits per heavy atom. The molecule has 6 nitrogen and oxygen atoms in total. The van der Waals surface area contributed by atoms with E-state index < -0.39 is 12.4 Å². The molecule has 0 unspecified atom stereocenters. The number of aliphatic imine (C=N–C) groups is 1. The molecule has 0 radical (unpaired) electrons. The van der Waals surface area contributed by atoms with E-state index in [0.29, 0.717) is 16.3 Å². The van der Waals surface area contributed by atoms with Gasteiger partial charge in [0.15, 0.2) is 5.96 Å². The highest BCUT2D eigenvalue weighted by atomic mass is 127. The third-order valence-electron chi connectivity index (χ3n) is 3.45. The van der Waals surface area contributed by atoms with Crippen molar-refractivity contribution in [1.29, 1.82) is 0 Å². The Hall–Kier alpha value is -2.21. The molecular formula is C18H19ClF3IN4O2. The van der Waals surface area contributed by atoms with E-state index in [1.54, 1.807) is 0 Å². The molecule has 0 bridgehead atoms. The minimum atomic E-state index is -2.97. The number of anilines is 1. The van der Waals surface area contributed by atoms with Crippen molar-refractivity contribution in [3.8, 4) is 5.75 Å². The Balaban J connectivity index is 0.00000420. The molecule has 11 heteroatoms. The van der Waals surface area contributed by atoms with Crippen LogP contribution in [0.25, 0.3) is 0 Å². The predicted octanol–water partition coefficient (Wildman–Crippen LogP) is 4.00. The van der Waals surface area contributed by atoms with E-state index in [9.17, 15) is 18.0 Å². The zero-order valence-corrected chi connectivity index (χ0v) is 18.3. The van der Waals surface area contributed by atoms with Gasteiger partial charge < -0.3 is 20.7 Å². The second kappa shape index (κ2) is 12.4. The van der Waals surface area contributed by atoms with Crippen LogP contribution in [0.4, 0.5) is 18.9 Å². The van der Waals surface area contributed by atoms with Crippen molar-refractivity contribution in [2.75, 3.05) is 18.9 Å². The van der Waals surface area contributed by atoms with Crippen molar-refractivity contribution in [1.82, 2.24) is 10.6 Å². The van der Waals surface area contributed by atoms with Crippen molar-refractivity contribution >= 4 is 53.1 Å². The van der Waals surface area contributed by atoms with Gasteiger partial charge in [-0.1, -0.05) is 11.6 Å². The number of nitrogens with zero attached hydrogens (tertiary/aromatic N) is 1. The van der Waals surface area contributed by atoms with Gasteiger partial charge in [-0.05, 0) is 42.5 Å². The largest absolute Gasteiger partial charge is 0.434 e. The van der Waals surface area contributed by atoms with Crippen LogP contribution in [0.5, 0.6) is 5.75 Å². The molecule has 29 heavy (non-hydrogen) atoms. The first-order valence-corrected chi connectivity index (χ1v) is 8.48. The first kappa shape index (κ1) is 24.8. The van der Waals surface area contributed by atoms with Crippen LogP contribution in [0.3, 0.4) is 0 Å². The number of ether oxygens (including phenoxy) is 1. The summed E-state index contributed by atoms with van der Waals surface area (Å²) in [6, 6.07) is 9.60. The van der Waals surface area contributed by atoms with E-state index in [0.717, 1.165) is 0 Å². The van der Waals surface area contributed by atoms with E-state index >= 15 is 0 Å². The lowest BCUT2D eigenvalue weighted by Gasteiger charge is -2.15. The molecule has 2 aromatic rings. The van der Waals surface area contributed by atoms with Crippen molar-refractivity contribution in [3.63, 3.8) is 0 Å². The summed E-state index contributed by atoms with van der Waals surface area (Å²) >= 11 is 5.90. The first-order chi connectivity index (χ1) is 13.4. The summed E-state index contributed by atoms with van der Waals surface area (Å²) < 4.78 is 42.3. The molecular weight excluding hydrogens is 524 g/mol. The zero-order valence-electron chi connectivity index (χ0n) is 15.2. The molecule has 0 heterocycles. The summed E-state index contributed by atoms with van der Waals surface area (Å²) in [6.07, 6.45) is 0. The second-order valence-corrected chi connectivity index (χ2v) is 5.90. The molecule has 0 aliphatic heterocycles. The summed E-state index contributed by atoms with van der Waals surface area (Å²) in [4.78, 5) is 15.9. The summed E-state index contributed by atoms with van der Waals surface area (Å²) in [7, 11) is 1.49. The normalized spacial score (nSPS) is 10.9. The summed E-state index contributed by atoms with van der Waals surface area (Å²) in [5.74, 6) is -0.537. The van der Waals surface area contributed by atoms with Gasteiger partial charge in [-0.2, -0.15) is 8.78 Å². The van der Waals surface area contributed by atoms with Crippen LogP contribution in [0.2, 0.25) is 5.02 Å². The number of carbonyl (C=O) groups excluding carboxylic acids is 1. The van der Waals surface area contributed by atoms with Crippen LogP contribution in [-0.4, -0.2) is 32.1 Å². The molecule has 0 aliphatic carbocycles. The molecule has 0 saturated carbocycles. The number of nitrogens with one attached hydrogen (secondary N) is 3. The molecule has 0 fully saturated rings. The van der Waals surface area contributed by atoms with Crippen LogP contribution < -0.4 is 20.7 Å². The number of amides is 1. The SMILES string of the molecule is CN=C(NCC(=O)Nc1ccc(F)cc1)NCc1cc(Cl)ccc1OC(F)F.I. The summed E-state index contributed by atoms with van der Waals surface area (Å²) in [6.45, 7) is -3.00. The molecule has 1 amide bonds. The monoisotopic (exact) mass is 542 g/mol. The number of carbonyl (C=O) groups is 1. The van der Waals surface area contributed by atoms with Crippen molar-refractivity contribution in [2.24, 2.45) is 4.99 Å². The lowest BCUT2D eigenvalue weighted by molar-refractivity contribution is -0.115. The third-order valence-corrected chi connectivity index (χ3v) is 3.69. The number of rotatable bonds is 7. The number of alkyl halides is 2. The minimum absolute atomic E-state index is 0. The van der Waals surface area contributed by atoms with E-state index in [1.165, 1.54) is 49.5 Å². The number of halogens is 5. The average Bonchev–Trinajstić information content (AvgIpc) is 2.65. The summed E-state index contributed by atoms with van der Waals surface area (Å²) in [5, 5.41) is 8.61. The Morgan fingerprint density at radius 3 is 2.48 bits per heavy atom. The molecule has 158 valence electrons. The van der Waals surface area contributed by atoms with Crippen LogP contribution in [0.1, 0.15) is 5.56 Å². The van der Waals surface area contributed by atoms with E-state index in [-0.39, 0.29) is 54.7 Å². The second-order valence-electron chi connectivity index (χ2n) is 5.46. The standard InChI is InChI=1S/C18H18ClF3N4O2.HI/c1-23-18(25-10-16(27)26-14-5-3-13(20)4-6-14)24-9-11-8-12(19)2-7-15(11)28-17(21)22;/h2-8,17H,9-10H2,1H3,(H,26,27)(H2,23,24,25);1H. The Labute approximate surface area is 187 Å². The fourth-order valence-electron chi connectivity index (χ4n) is 2.20. The van der Waals surface area contributed by atoms with E-state index in [4.69, 9.17) is 11.6 Å². The highest BCUT2D eigenvalue weighted by molar-refractivity contribution is 14.0. The molecule has 0 saturated heterocycles. The third kappa shape index (κ3) is 8.77. The maximum Gasteiger partial charge on any atom is 0.387 e. The van der Waals surface area contributed by atoms with Crippen molar-refractivity contribution < 1.29 is 22.7 Å². The van der Waals surface area contributed by atoms with Crippen molar-refractivity contribution in [3.05, 3.63) is 58.9 Å². The molecule has 0 aliphatic rings. The average molecular weight is 543 g/mol. The number of guanidine groups is 1. The van der Waals surface area contributed by atoms with Gasteiger partial charge in [0.25, 0.3) is 0 Å². The van der Waals surface area contributed by atoms with Crippen molar-refractivity contribution in [2.45, 2.75) is 13.2 Å². The van der Waals surface area contributed by atoms with Gasteiger partial charge in [-0.25, -0.2) is 4.39 Å². The van der Waals surface area contributed by atoms with Gasteiger partial charge in [-0.3, -0.25) is 9.79 Å². The van der Waals surface area contributed by atoms with E-state index in [1.807, 2.05) is 0 Å². The van der Waals surface area contributed by atoms with Crippen LogP contribution >= 0.6 is 35.6 Å². The molecule has 0 spiro atoms. The lowest BCUT2D eigenvalue weighted by atomic mass is 10.2. The molecule has 2 aromatic carbocycles. The quantitative estimate of drug-likeness (QED) is 0.281. The van der Waals surface area contributed by atoms with E-state index in [2.05, 4.69) is 25.7 Å². The van der Waals surface area contributed by atoms with Crippen LogP contribution in [0, 0.1) is 5.82 Å². The van der Waals surface area contributed by atoms with Crippen LogP contribution in [-0.2, 0) is 11.3 Å². The van der Waals surface area contributed by atoms with Crippen LogP contribution in [0.15, 0.2) is 47.5 Å². The fourth-order valence-corrected chi connectivity index (χ4v) is 2.39. The highest BCUT2D eigenvalue weighted by Crippen LogP contribution is 2.24. The smallest absolute Gasteiger partial charge is 0.387 e. The molecule has 0 aromatic heterocycles. The maximum atomic E-state index is 12.9. The minimum Gasteiger partial charge on any atom is -0.434 e. The number of hydrogen-bond donors (Lipinski definition) is 3. The van der Waals surface area contributed by atoms with Gasteiger partial charge in [0.2, 0.25) is 5.91 Å². The molecule has 3 N–H and O–H groups in total. The van der Waals surface area contributed by atoms with Gasteiger partial charge >= 0.3 is 6.61 Å². The molecule has 0 atom stereocenters. The Morgan fingerprint density at radius 2 is 1.86 bits per heavy atom. The highest BCUT2D eigenvalue weighted by Gasteiger charge is 2.11. The van der Waals surface area contributed by atoms with Gasteiger partial charge in [-0.15, -0.1) is 24.0 Å². The maximum absolute atomic E-state index is 12.9. The molecule has 2 rings (SSSR count). The Bertz CT molecular complexity index is 838. The first-order valence-electron chi connectivity index (χ1n) is 8.10. The predicted molar refractivity (Wildman–Crippen MR) is 117 cm³/mol. The van der Waals surface area contributed by atoms with Gasteiger partial charge in [0.1, 0.15) is 11.6 Å². The topological polar surface area (TPSA) is 74.8 Å². The lowest BCUT2D eigenvalue weighted by Crippen LogP contribution is -2.41.